The van der Waals surface area contributed by atoms with Gasteiger partial charge in [0.2, 0.25) is 0 Å². The minimum atomic E-state index is -0.301. The molecule has 0 amide bonds. The highest BCUT2D eigenvalue weighted by Gasteiger charge is 2.37. The van der Waals surface area contributed by atoms with E-state index < -0.39 is 0 Å². The summed E-state index contributed by atoms with van der Waals surface area (Å²) in [5, 5.41) is 9.43. The summed E-state index contributed by atoms with van der Waals surface area (Å²) in [6.45, 7) is 10.5. The number of hydrogen-bond acceptors (Lipinski definition) is 6. The van der Waals surface area contributed by atoms with Crippen molar-refractivity contribution in [1.82, 2.24) is 19.4 Å². The molecule has 3 heterocycles. The van der Waals surface area contributed by atoms with Gasteiger partial charge in [0, 0.05) is 38.3 Å². The normalized spacial score (nSPS) is 19.8. The van der Waals surface area contributed by atoms with Crippen LogP contribution >= 0.6 is 0 Å². The lowest BCUT2D eigenvalue weighted by atomic mass is 9.94. The topological polar surface area (TPSA) is 78.0 Å². The number of hydrogen-bond donors (Lipinski definition) is 0. The van der Waals surface area contributed by atoms with Crippen LogP contribution in [0.2, 0.25) is 0 Å². The molecule has 0 N–H and O–H groups in total. The van der Waals surface area contributed by atoms with Crippen molar-refractivity contribution in [3.05, 3.63) is 63.7 Å². The maximum atomic E-state index is 12.8. The number of nitrogens with zero attached hydrogens (tertiary/aromatic N) is 6. The zero-order valence-electron chi connectivity index (χ0n) is 20.8. The molecule has 178 valence electrons. The highest BCUT2D eigenvalue weighted by Crippen LogP contribution is 2.35. The Kier molecular flexibility index (Phi) is 6.99. The molecule has 1 saturated heterocycles. The van der Waals surface area contributed by atoms with Gasteiger partial charge < -0.3 is 4.90 Å². The number of piperazine rings is 1. The summed E-state index contributed by atoms with van der Waals surface area (Å²) in [5.41, 5.74) is 3.98. The smallest absolute Gasteiger partial charge is 0.349 e. The van der Waals surface area contributed by atoms with Gasteiger partial charge in [-0.15, -0.1) is 0 Å². The second-order valence-electron chi connectivity index (χ2n) is 9.26. The lowest BCUT2D eigenvalue weighted by molar-refractivity contribution is 0.0895. The predicted molar refractivity (Wildman–Crippen MR) is 136 cm³/mol. The van der Waals surface area contributed by atoms with E-state index >= 15 is 0 Å². The Morgan fingerprint density at radius 2 is 1.74 bits per heavy atom. The number of benzene rings is 1. The molecular formula is C27H34N6O. The van der Waals surface area contributed by atoms with Gasteiger partial charge in [0.1, 0.15) is 17.3 Å². The summed E-state index contributed by atoms with van der Waals surface area (Å²) >= 11 is 0. The molecule has 0 radical (unpaired) electrons. The molecular weight excluding hydrogens is 424 g/mol. The van der Waals surface area contributed by atoms with Crippen LogP contribution in [0.15, 0.2) is 41.2 Å². The van der Waals surface area contributed by atoms with Gasteiger partial charge in [-0.3, -0.25) is 9.47 Å². The second-order valence-corrected chi connectivity index (χ2v) is 9.26. The van der Waals surface area contributed by atoms with Crippen LogP contribution in [0.25, 0.3) is 11.0 Å². The van der Waals surface area contributed by atoms with Crippen molar-refractivity contribution in [2.45, 2.75) is 65.1 Å². The Balaban J connectivity index is 1.77. The van der Waals surface area contributed by atoms with E-state index in [0.29, 0.717) is 34.6 Å². The molecule has 0 aliphatic carbocycles. The fraction of sp³-hybridized carbons (Fsp3) is 0.481. The van der Waals surface area contributed by atoms with Gasteiger partial charge in [-0.2, -0.15) is 10.2 Å². The summed E-state index contributed by atoms with van der Waals surface area (Å²) in [7, 11) is 1.70. The van der Waals surface area contributed by atoms with Gasteiger partial charge in [0.05, 0.1) is 5.52 Å². The van der Waals surface area contributed by atoms with Crippen LogP contribution in [-0.4, -0.2) is 44.6 Å². The molecule has 3 atom stereocenters. The SMILES string of the molecule is CCC(c1ccc(C)cc1)N1C[C@H](CC)N(c2nc(=O)n(C)c3ccc(C#N)nc23)C[C@H]1CC. The molecule has 1 aliphatic rings. The number of nitriles is 1. The molecule has 34 heavy (non-hydrogen) atoms. The molecule has 7 heteroatoms. The number of aryl methyl sites for hydroxylation is 2. The maximum absolute atomic E-state index is 12.8. The lowest BCUT2D eigenvalue weighted by Crippen LogP contribution is -2.59. The van der Waals surface area contributed by atoms with Crippen molar-refractivity contribution in [3.8, 4) is 6.07 Å². The Morgan fingerprint density at radius 1 is 1.03 bits per heavy atom. The monoisotopic (exact) mass is 458 g/mol. The molecule has 3 aromatic rings. The third kappa shape index (κ3) is 4.30. The average Bonchev–Trinajstić information content (AvgIpc) is 2.87. The maximum Gasteiger partial charge on any atom is 0.349 e. The molecule has 0 saturated carbocycles. The molecule has 4 rings (SSSR count). The van der Waals surface area contributed by atoms with E-state index in [1.807, 2.05) is 0 Å². The van der Waals surface area contributed by atoms with Crippen LogP contribution in [0, 0.1) is 18.3 Å². The summed E-state index contributed by atoms with van der Waals surface area (Å²) in [6, 6.07) is 15.3. The fourth-order valence-electron chi connectivity index (χ4n) is 5.25. The molecule has 0 spiro atoms. The quantitative estimate of drug-likeness (QED) is 0.547. The average molecular weight is 459 g/mol. The molecule has 1 unspecified atom stereocenters. The van der Waals surface area contributed by atoms with Crippen molar-refractivity contribution in [1.29, 1.82) is 5.26 Å². The molecule has 0 bridgehead atoms. The molecule has 1 aromatic carbocycles. The summed E-state index contributed by atoms with van der Waals surface area (Å²) in [4.78, 5) is 26.7. The van der Waals surface area contributed by atoms with Crippen LogP contribution in [-0.2, 0) is 7.05 Å². The van der Waals surface area contributed by atoms with E-state index in [2.05, 4.69) is 77.8 Å². The van der Waals surface area contributed by atoms with Crippen LogP contribution < -0.4 is 10.6 Å². The Morgan fingerprint density at radius 3 is 2.35 bits per heavy atom. The van der Waals surface area contributed by atoms with Gasteiger partial charge in [0.25, 0.3) is 0 Å². The minimum absolute atomic E-state index is 0.192. The van der Waals surface area contributed by atoms with Gasteiger partial charge in [-0.1, -0.05) is 50.6 Å². The van der Waals surface area contributed by atoms with E-state index in [1.165, 1.54) is 15.7 Å². The van der Waals surface area contributed by atoms with Crippen LogP contribution in [0.1, 0.15) is 62.9 Å². The van der Waals surface area contributed by atoms with Gasteiger partial charge in [-0.25, -0.2) is 9.78 Å². The summed E-state index contributed by atoms with van der Waals surface area (Å²) < 4.78 is 1.51. The van der Waals surface area contributed by atoms with Crippen molar-refractivity contribution >= 4 is 16.9 Å². The highest BCUT2D eigenvalue weighted by atomic mass is 16.1. The first kappa shape index (κ1) is 23.9. The molecule has 7 nitrogen and oxygen atoms in total. The summed E-state index contributed by atoms with van der Waals surface area (Å²) in [6.07, 6.45) is 2.96. The first-order chi connectivity index (χ1) is 16.4. The third-order valence-corrected chi connectivity index (χ3v) is 7.25. The third-order valence-electron chi connectivity index (χ3n) is 7.25. The van der Waals surface area contributed by atoms with Crippen molar-refractivity contribution in [2.24, 2.45) is 7.05 Å². The number of fused-ring (bicyclic) bond motifs is 1. The van der Waals surface area contributed by atoms with Crippen molar-refractivity contribution < 1.29 is 0 Å². The van der Waals surface area contributed by atoms with Crippen molar-refractivity contribution in [3.63, 3.8) is 0 Å². The van der Waals surface area contributed by atoms with Crippen LogP contribution in [0.3, 0.4) is 0 Å². The second kappa shape index (κ2) is 9.94. The number of rotatable bonds is 6. The van der Waals surface area contributed by atoms with Crippen molar-refractivity contribution in [2.75, 3.05) is 18.0 Å². The lowest BCUT2D eigenvalue weighted by Gasteiger charge is -2.49. The summed E-state index contributed by atoms with van der Waals surface area (Å²) in [5.74, 6) is 0.600. The zero-order chi connectivity index (χ0) is 24.4. The van der Waals surface area contributed by atoms with Gasteiger partial charge in [0.15, 0.2) is 5.82 Å². The Hall–Kier alpha value is -3.24. The van der Waals surface area contributed by atoms with E-state index in [1.54, 1.807) is 19.2 Å². The first-order valence-corrected chi connectivity index (χ1v) is 12.3. The number of anilines is 1. The number of aromatic nitrogens is 3. The molecule has 1 aliphatic heterocycles. The van der Waals surface area contributed by atoms with E-state index in [9.17, 15) is 10.1 Å². The van der Waals surface area contributed by atoms with E-state index in [0.717, 1.165) is 32.4 Å². The fourth-order valence-corrected chi connectivity index (χ4v) is 5.25. The largest absolute Gasteiger partial charge is 0.349 e. The molecule has 2 aromatic heterocycles. The Bertz CT molecular complexity index is 1260. The first-order valence-electron chi connectivity index (χ1n) is 12.3. The minimum Gasteiger partial charge on any atom is -0.349 e. The van der Waals surface area contributed by atoms with E-state index in [-0.39, 0.29) is 11.7 Å². The standard InChI is InChI=1S/C27H34N6O/c1-6-21-17-33(26-25-24(31(5)27(34)30-26)14-13-20(15-28)29-25)22(7-2)16-32(21)23(8-3)19-11-9-18(4)10-12-19/h9-14,21-23H,6-8,16-17H2,1-5H3/t21-,22+,23?/m1/s1. The van der Waals surface area contributed by atoms with E-state index in [4.69, 9.17) is 0 Å². The van der Waals surface area contributed by atoms with Crippen LogP contribution in [0.5, 0.6) is 0 Å². The van der Waals surface area contributed by atoms with Gasteiger partial charge >= 0.3 is 5.69 Å². The number of pyridine rings is 1. The predicted octanol–water partition coefficient (Wildman–Crippen LogP) is 4.34. The van der Waals surface area contributed by atoms with Crippen LogP contribution in [0.4, 0.5) is 5.82 Å². The highest BCUT2D eigenvalue weighted by molar-refractivity contribution is 5.86. The zero-order valence-corrected chi connectivity index (χ0v) is 20.8. The molecule has 1 fully saturated rings. The Labute approximate surface area is 201 Å². The van der Waals surface area contributed by atoms with Gasteiger partial charge in [-0.05, 0) is 43.9 Å².